The topological polar surface area (TPSA) is 155 Å². The fourth-order valence-electron chi connectivity index (χ4n) is 2.39. The van der Waals surface area contributed by atoms with Crippen LogP contribution >= 0.6 is 0 Å². The summed E-state index contributed by atoms with van der Waals surface area (Å²) >= 11 is 0. The van der Waals surface area contributed by atoms with Crippen molar-refractivity contribution in [1.29, 1.82) is 0 Å². The number of hydrogen-bond donors (Lipinski definition) is 2. The highest BCUT2D eigenvalue weighted by atomic mass is 32.3. The van der Waals surface area contributed by atoms with Crippen molar-refractivity contribution >= 4 is 28.1 Å². The molecule has 1 fully saturated rings. The Morgan fingerprint density at radius 1 is 1.48 bits per heavy atom. The first-order chi connectivity index (χ1) is 10.7. The lowest BCUT2D eigenvalue weighted by atomic mass is 10.2. The molecule has 2 aliphatic rings. The second-order valence-corrected chi connectivity index (χ2v) is 5.95. The quantitative estimate of drug-likeness (QED) is 0.613. The van der Waals surface area contributed by atoms with Gasteiger partial charge in [-0.2, -0.15) is 13.5 Å². The monoisotopic (exact) mass is 345 g/mol. The molecule has 1 atom stereocenters. The average Bonchev–Trinajstić information content (AvgIpc) is 2.97. The van der Waals surface area contributed by atoms with E-state index in [9.17, 15) is 18.0 Å². The van der Waals surface area contributed by atoms with Gasteiger partial charge < -0.3 is 10.0 Å². The Bertz CT molecular complexity index is 800. The highest BCUT2D eigenvalue weighted by molar-refractivity contribution is 7.80. The summed E-state index contributed by atoms with van der Waals surface area (Å²) in [5, 5.41) is 16.8. The molecule has 124 valence electrons. The number of aromatic nitrogens is 3. The Hall–Kier alpha value is -2.51. The molecule has 0 aliphatic carbocycles. The van der Waals surface area contributed by atoms with Gasteiger partial charge in [-0.3, -0.25) is 9.35 Å². The van der Waals surface area contributed by atoms with Crippen LogP contribution < -0.4 is 0 Å². The standard InChI is InChI=1S/C10H11N5O7S/c16-9(17)1-6-3-14(12-11-6)7-2-8-5-13(4-7)10(18)15(8)22-23(19,20)21/h2-3,8H,1,4-5H2,(H,16,17)(H,19,20,21). The number of rotatable bonds is 5. The minimum absolute atomic E-state index is 0.108. The lowest BCUT2D eigenvalue weighted by Crippen LogP contribution is -2.35. The van der Waals surface area contributed by atoms with E-state index in [0.717, 1.165) is 0 Å². The summed E-state index contributed by atoms with van der Waals surface area (Å²) in [6.45, 7) is 0.297. The van der Waals surface area contributed by atoms with Crippen LogP contribution in [0.25, 0.3) is 5.70 Å². The molecule has 2 aliphatic heterocycles. The molecular formula is C10H11N5O7S. The minimum atomic E-state index is -4.82. The van der Waals surface area contributed by atoms with Gasteiger partial charge in [-0.05, 0) is 6.08 Å². The van der Waals surface area contributed by atoms with Crippen LogP contribution in [0.2, 0.25) is 0 Å². The first-order valence-electron chi connectivity index (χ1n) is 6.32. The molecule has 3 rings (SSSR count). The van der Waals surface area contributed by atoms with Gasteiger partial charge in [0.2, 0.25) is 0 Å². The van der Waals surface area contributed by atoms with Crippen LogP contribution in [-0.2, 0) is 25.9 Å². The minimum Gasteiger partial charge on any atom is -0.481 e. The number of hydroxylamine groups is 2. The van der Waals surface area contributed by atoms with Crippen molar-refractivity contribution < 1.29 is 31.9 Å². The first-order valence-corrected chi connectivity index (χ1v) is 7.69. The third-order valence-electron chi connectivity index (χ3n) is 3.25. The van der Waals surface area contributed by atoms with E-state index in [2.05, 4.69) is 14.6 Å². The molecular weight excluding hydrogens is 334 g/mol. The van der Waals surface area contributed by atoms with E-state index in [4.69, 9.17) is 9.66 Å². The molecule has 2 amide bonds. The van der Waals surface area contributed by atoms with E-state index in [1.54, 1.807) is 0 Å². The zero-order valence-electron chi connectivity index (χ0n) is 11.4. The van der Waals surface area contributed by atoms with Gasteiger partial charge in [0, 0.05) is 6.54 Å². The van der Waals surface area contributed by atoms with E-state index in [0.29, 0.717) is 10.8 Å². The molecule has 1 unspecified atom stereocenters. The Labute approximate surface area is 129 Å². The van der Waals surface area contributed by atoms with Gasteiger partial charge in [0.25, 0.3) is 0 Å². The van der Waals surface area contributed by atoms with Crippen molar-refractivity contribution in [1.82, 2.24) is 25.0 Å². The molecule has 0 saturated carbocycles. The fraction of sp³-hybridized carbons (Fsp3) is 0.400. The molecule has 13 heteroatoms. The number of carbonyl (C=O) groups excluding carboxylic acids is 1. The van der Waals surface area contributed by atoms with E-state index < -0.39 is 28.4 Å². The highest BCUT2D eigenvalue weighted by Crippen LogP contribution is 2.27. The molecule has 0 spiro atoms. The van der Waals surface area contributed by atoms with Crippen molar-refractivity contribution in [2.75, 3.05) is 13.1 Å². The number of carbonyl (C=O) groups is 2. The third kappa shape index (κ3) is 3.15. The third-order valence-corrected chi connectivity index (χ3v) is 3.60. The van der Waals surface area contributed by atoms with Crippen LogP contribution in [0.5, 0.6) is 0 Å². The van der Waals surface area contributed by atoms with E-state index >= 15 is 0 Å². The van der Waals surface area contributed by atoms with Crippen molar-refractivity contribution in [3.8, 4) is 0 Å². The number of carboxylic acids is 1. The molecule has 1 aromatic rings. The van der Waals surface area contributed by atoms with Crippen LogP contribution in [0, 0.1) is 0 Å². The van der Waals surface area contributed by atoms with Crippen molar-refractivity contribution in [2.24, 2.45) is 0 Å². The average molecular weight is 345 g/mol. The lowest BCUT2D eigenvalue weighted by molar-refractivity contribution is -0.136. The summed E-state index contributed by atoms with van der Waals surface area (Å²) < 4.78 is 35.9. The van der Waals surface area contributed by atoms with E-state index in [1.165, 1.54) is 21.9 Å². The smallest absolute Gasteiger partial charge is 0.418 e. The molecule has 2 bridgehead atoms. The number of nitrogens with zero attached hydrogens (tertiary/aromatic N) is 5. The normalized spacial score (nSPS) is 20.8. The number of urea groups is 1. The molecule has 1 aromatic heterocycles. The predicted octanol–water partition coefficient (Wildman–Crippen LogP) is -1.40. The number of fused-ring (bicyclic) bond motifs is 2. The summed E-state index contributed by atoms with van der Waals surface area (Å²) in [6.07, 6.45) is 2.65. The molecule has 23 heavy (non-hydrogen) atoms. The number of aliphatic carboxylic acids is 1. The maximum Gasteiger partial charge on any atom is 0.418 e. The second-order valence-electron chi connectivity index (χ2n) is 4.94. The van der Waals surface area contributed by atoms with E-state index in [-0.39, 0.29) is 25.2 Å². The van der Waals surface area contributed by atoms with Crippen molar-refractivity contribution in [2.45, 2.75) is 12.5 Å². The number of carboxylic acid groups (broad SMARTS) is 1. The van der Waals surface area contributed by atoms with Crippen LogP contribution in [0.3, 0.4) is 0 Å². The molecule has 0 aromatic carbocycles. The summed E-state index contributed by atoms with van der Waals surface area (Å²) in [5.41, 5.74) is 0.740. The maximum atomic E-state index is 12.0. The van der Waals surface area contributed by atoms with Crippen LogP contribution in [0.4, 0.5) is 4.79 Å². The largest absolute Gasteiger partial charge is 0.481 e. The highest BCUT2D eigenvalue weighted by Gasteiger charge is 2.43. The fourth-order valence-corrected chi connectivity index (χ4v) is 2.77. The Morgan fingerprint density at radius 2 is 2.22 bits per heavy atom. The Balaban J connectivity index is 1.83. The molecule has 0 radical (unpaired) electrons. The Morgan fingerprint density at radius 3 is 2.87 bits per heavy atom. The van der Waals surface area contributed by atoms with Gasteiger partial charge in [0.05, 0.1) is 30.6 Å². The van der Waals surface area contributed by atoms with Gasteiger partial charge in [-0.1, -0.05) is 5.21 Å². The second kappa shape index (κ2) is 5.29. The van der Waals surface area contributed by atoms with E-state index in [1.807, 2.05) is 0 Å². The van der Waals surface area contributed by atoms with Gasteiger partial charge in [0.15, 0.2) is 0 Å². The van der Waals surface area contributed by atoms with Crippen molar-refractivity contribution in [3.63, 3.8) is 0 Å². The number of amides is 2. The molecule has 12 nitrogen and oxygen atoms in total. The van der Waals surface area contributed by atoms with Crippen molar-refractivity contribution in [3.05, 3.63) is 18.0 Å². The Kier molecular flexibility index (Phi) is 3.54. The molecule has 1 saturated heterocycles. The summed E-state index contributed by atoms with van der Waals surface area (Å²) in [4.78, 5) is 23.9. The van der Waals surface area contributed by atoms with Gasteiger partial charge >= 0.3 is 22.4 Å². The van der Waals surface area contributed by atoms with Crippen LogP contribution in [0.1, 0.15) is 5.69 Å². The summed E-state index contributed by atoms with van der Waals surface area (Å²) in [5.74, 6) is -1.05. The molecule has 2 N–H and O–H groups in total. The van der Waals surface area contributed by atoms with Crippen LogP contribution in [-0.4, -0.2) is 74.2 Å². The van der Waals surface area contributed by atoms with Gasteiger partial charge in [-0.15, -0.1) is 9.38 Å². The first kappa shape index (κ1) is 15.4. The SMILES string of the molecule is O=C(O)Cc1cn(C2=CC3CN(C2)C(=O)N3OS(=O)(=O)O)nn1. The zero-order chi connectivity index (χ0) is 16.8. The van der Waals surface area contributed by atoms with Gasteiger partial charge in [0.1, 0.15) is 6.04 Å². The van der Waals surface area contributed by atoms with Crippen LogP contribution in [0.15, 0.2) is 12.3 Å². The number of hydrogen-bond acceptors (Lipinski definition) is 7. The van der Waals surface area contributed by atoms with Gasteiger partial charge in [-0.25, -0.2) is 9.48 Å². The molecule has 3 heterocycles. The summed E-state index contributed by atoms with van der Waals surface area (Å²) in [6, 6.07) is -1.45. The maximum absolute atomic E-state index is 12.0. The lowest BCUT2D eigenvalue weighted by Gasteiger charge is -2.20. The summed E-state index contributed by atoms with van der Waals surface area (Å²) in [7, 11) is -4.82. The predicted molar refractivity (Wildman–Crippen MR) is 70.9 cm³/mol. The zero-order valence-corrected chi connectivity index (χ0v) is 12.2.